The lowest BCUT2D eigenvalue weighted by Crippen LogP contribution is -2.34. The standard InChI is InChI=1S/C25H29N3OS/c1-29-21-10-9-19-15-20(25(27-24(19)16-21)28-11-13-30-14-12-28)17-26-23-8-4-6-18-5-2-3-7-22(18)23/h2-3,5,7,9-10,15-16,23,26H,4,6,8,11-14,17H2,1H3/t23-/m0/s1. The van der Waals surface area contributed by atoms with Crippen LogP contribution in [-0.4, -0.2) is 36.7 Å². The summed E-state index contributed by atoms with van der Waals surface area (Å²) < 4.78 is 5.43. The first-order valence-electron chi connectivity index (χ1n) is 10.9. The first kappa shape index (κ1) is 19.7. The molecule has 3 aromatic rings. The Labute approximate surface area is 183 Å². The van der Waals surface area contributed by atoms with Crippen molar-refractivity contribution in [3.05, 3.63) is 65.2 Å². The van der Waals surface area contributed by atoms with Crippen LogP contribution in [0.5, 0.6) is 5.75 Å². The number of methoxy groups -OCH3 is 1. The van der Waals surface area contributed by atoms with Crippen LogP contribution in [0.25, 0.3) is 10.9 Å². The van der Waals surface area contributed by atoms with Gasteiger partial charge in [-0.1, -0.05) is 24.3 Å². The molecule has 4 nitrogen and oxygen atoms in total. The lowest BCUT2D eigenvalue weighted by Gasteiger charge is -2.31. The summed E-state index contributed by atoms with van der Waals surface area (Å²) in [5, 5.41) is 5.04. The molecule has 2 aromatic carbocycles. The van der Waals surface area contributed by atoms with E-state index in [1.54, 1.807) is 7.11 Å². The smallest absolute Gasteiger partial charge is 0.133 e. The highest BCUT2D eigenvalue weighted by Gasteiger charge is 2.21. The average molecular weight is 420 g/mol. The second-order valence-electron chi connectivity index (χ2n) is 8.15. The number of benzene rings is 2. The van der Waals surface area contributed by atoms with Gasteiger partial charge in [-0.25, -0.2) is 4.98 Å². The van der Waals surface area contributed by atoms with E-state index in [4.69, 9.17) is 9.72 Å². The van der Waals surface area contributed by atoms with E-state index in [1.165, 1.54) is 52.8 Å². The fraction of sp³-hybridized carbons (Fsp3) is 0.400. The van der Waals surface area contributed by atoms with Gasteiger partial charge in [-0.15, -0.1) is 0 Å². The number of thioether (sulfide) groups is 1. The van der Waals surface area contributed by atoms with E-state index in [2.05, 4.69) is 46.6 Å². The largest absolute Gasteiger partial charge is 0.497 e. The van der Waals surface area contributed by atoms with Gasteiger partial charge >= 0.3 is 0 Å². The quantitative estimate of drug-likeness (QED) is 0.632. The van der Waals surface area contributed by atoms with Gasteiger partial charge in [0.2, 0.25) is 0 Å². The first-order valence-corrected chi connectivity index (χ1v) is 12.1. The lowest BCUT2D eigenvalue weighted by molar-refractivity contribution is 0.415. The number of aryl methyl sites for hydroxylation is 1. The lowest BCUT2D eigenvalue weighted by atomic mass is 9.87. The van der Waals surface area contributed by atoms with Crippen LogP contribution in [-0.2, 0) is 13.0 Å². The molecule has 2 heterocycles. The summed E-state index contributed by atoms with van der Waals surface area (Å²) in [6.45, 7) is 2.96. The van der Waals surface area contributed by atoms with Crippen LogP contribution in [0, 0.1) is 0 Å². The third-order valence-electron chi connectivity index (χ3n) is 6.30. The molecule has 1 saturated heterocycles. The summed E-state index contributed by atoms with van der Waals surface area (Å²) in [7, 11) is 1.71. The summed E-state index contributed by atoms with van der Waals surface area (Å²) in [6.07, 6.45) is 3.65. The van der Waals surface area contributed by atoms with Gasteiger partial charge in [0.1, 0.15) is 11.6 Å². The van der Waals surface area contributed by atoms with Gasteiger partial charge in [0, 0.05) is 54.2 Å². The zero-order valence-corrected chi connectivity index (χ0v) is 18.4. The van der Waals surface area contributed by atoms with Gasteiger partial charge in [-0.2, -0.15) is 11.8 Å². The molecule has 5 heteroatoms. The Morgan fingerprint density at radius 3 is 2.87 bits per heavy atom. The summed E-state index contributed by atoms with van der Waals surface area (Å²) in [5.74, 6) is 4.33. The van der Waals surface area contributed by atoms with Gasteiger partial charge < -0.3 is 15.0 Å². The maximum absolute atomic E-state index is 5.43. The predicted molar refractivity (Wildman–Crippen MR) is 127 cm³/mol. The van der Waals surface area contributed by atoms with Crippen LogP contribution < -0.4 is 15.0 Å². The van der Waals surface area contributed by atoms with Crippen LogP contribution in [0.15, 0.2) is 48.5 Å². The number of anilines is 1. The van der Waals surface area contributed by atoms with E-state index in [0.717, 1.165) is 36.7 Å². The molecule has 1 aliphatic heterocycles. The molecule has 1 N–H and O–H groups in total. The molecule has 0 bridgehead atoms. The molecule has 1 atom stereocenters. The topological polar surface area (TPSA) is 37.4 Å². The van der Waals surface area contributed by atoms with E-state index in [1.807, 2.05) is 23.9 Å². The molecule has 0 radical (unpaired) electrons. The number of hydrogen-bond donors (Lipinski definition) is 1. The molecule has 2 aliphatic rings. The van der Waals surface area contributed by atoms with Crippen LogP contribution >= 0.6 is 11.8 Å². The molecule has 0 unspecified atom stereocenters. The van der Waals surface area contributed by atoms with Gasteiger partial charge in [-0.05, 0) is 48.6 Å². The molecule has 30 heavy (non-hydrogen) atoms. The molecule has 0 spiro atoms. The second-order valence-corrected chi connectivity index (χ2v) is 9.38. The van der Waals surface area contributed by atoms with E-state index in [9.17, 15) is 0 Å². The molecule has 0 amide bonds. The van der Waals surface area contributed by atoms with Crippen LogP contribution in [0.2, 0.25) is 0 Å². The fourth-order valence-corrected chi connectivity index (χ4v) is 5.59. The molecule has 1 aromatic heterocycles. The molecule has 1 aliphatic carbocycles. The summed E-state index contributed by atoms with van der Waals surface area (Å²) >= 11 is 2.03. The van der Waals surface area contributed by atoms with E-state index in [0.29, 0.717) is 6.04 Å². The molecule has 5 rings (SSSR count). The van der Waals surface area contributed by atoms with Crippen molar-refractivity contribution in [2.75, 3.05) is 36.6 Å². The maximum atomic E-state index is 5.43. The number of pyridine rings is 1. The van der Waals surface area contributed by atoms with Gasteiger partial charge in [0.15, 0.2) is 0 Å². The van der Waals surface area contributed by atoms with Crippen LogP contribution in [0.1, 0.15) is 35.6 Å². The van der Waals surface area contributed by atoms with E-state index in [-0.39, 0.29) is 0 Å². The summed E-state index contributed by atoms with van der Waals surface area (Å²) in [4.78, 5) is 7.57. The molecule has 1 fully saturated rings. The summed E-state index contributed by atoms with van der Waals surface area (Å²) in [6, 6.07) is 17.8. The highest BCUT2D eigenvalue weighted by atomic mass is 32.2. The Morgan fingerprint density at radius 1 is 1.13 bits per heavy atom. The Kier molecular flexibility index (Phi) is 5.82. The number of hydrogen-bond acceptors (Lipinski definition) is 5. The van der Waals surface area contributed by atoms with Crippen molar-refractivity contribution in [1.82, 2.24) is 10.3 Å². The monoisotopic (exact) mass is 419 g/mol. The number of nitrogens with zero attached hydrogens (tertiary/aromatic N) is 2. The zero-order chi connectivity index (χ0) is 20.3. The van der Waals surface area contributed by atoms with Crippen molar-refractivity contribution in [3.63, 3.8) is 0 Å². The normalized spacial score (nSPS) is 19.0. The van der Waals surface area contributed by atoms with Crippen molar-refractivity contribution in [1.29, 1.82) is 0 Å². The Bertz CT molecular complexity index is 1030. The number of aromatic nitrogens is 1. The molecule has 0 saturated carbocycles. The Morgan fingerprint density at radius 2 is 2.00 bits per heavy atom. The predicted octanol–water partition coefficient (Wildman–Crippen LogP) is 4.96. The second kappa shape index (κ2) is 8.86. The summed E-state index contributed by atoms with van der Waals surface area (Å²) in [5.41, 5.74) is 5.27. The third-order valence-corrected chi connectivity index (χ3v) is 7.24. The van der Waals surface area contributed by atoms with Crippen molar-refractivity contribution in [3.8, 4) is 5.75 Å². The van der Waals surface area contributed by atoms with Gasteiger partial charge in [0.25, 0.3) is 0 Å². The Hall–Kier alpha value is -2.24. The highest BCUT2D eigenvalue weighted by Crippen LogP contribution is 2.32. The minimum absolute atomic E-state index is 0.422. The Balaban J connectivity index is 1.46. The highest BCUT2D eigenvalue weighted by molar-refractivity contribution is 7.99. The number of nitrogens with one attached hydrogen (secondary N) is 1. The first-order chi connectivity index (χ1) is 14.8. The van der Waals surface area contributed by atoms with Gasteiger partial charge in [0.05, 0.1) is 12.6 Å². The van der Waals surface area contributed by atoms with Crippen molar-refractivity contribution >= 4 is 28.5 Å². The maximum Gasteiger partial charge on any atom is 0.133 e. The van der Waals surface area contributed by atoms with E-state index >= 15 is 0 Å². The zero-order valence-electron chi connectivity index (χ0n) is 17.6. The van der Waals surface area contributed by atoms with Crippen LogP contribution in [0.4, 0.5) is 5.82 Å². The number of fused-ring (bicyclic) bond motifs is 2. The van der Waals surface area contributed by atoms with Crippen molar-refractivity contribution < 1.29 is 4.74 Å². The van der Waals surface area contributed by atoms with Crippen molar-refractivity contribution in [2.24, 2.45) is 0 Å². The van der Waals surface area contributed by atoms with Crippen LogP contribution in [0.3, 0.4) is 0 Å². The third kappa shape index (κ3) is 4.01. The fourth-order valence-electron chi connectivity index (χ4n) is 4.69. The minimum Gasteiger partial charge on any atom is -0.497 e. The molecular weight excluding hydrogens is 390 g/mol. The number of ether oxygens (including phenoxy) is 1. The van der Waals surface area contributed by atoms with Gasteiger partial charge in [-0.3, -0.25) is 0 Å². The average Bonchev–Trinajstić information content (AvgIpc) is 2.82. The molecular formula is C25H29N3OS. The van der Waals surface area contributed by atoms with Crippen molar-refractivity contribution in [2.45, 2.75) is 31.8 Å². The SMILES string of the molecule is COc1ccc2cc(CN[C@H]3CCCc4ccccc43)c(N3CCSCC3)nc2c1. The van der Waals surface area contributed by atoms with E-state index < -0.39 is 0 Å². The minimum atomic E-state index is 0.422. The number of rotatable bonds is 5. The molecule has 156 valence electrons.